The van der Waals surface area contributed by atoms with Gasteiger partial charge in [0.05, 0.1) is 19.9 Å². The average Bonchev–Trinajstić information content (AvgIpc) is 2.85. The van der Waals surface area contributed by atoms with Gasteiger partial charge in [-0.25, -0.2) is 0 Å². The molecule has 1 aliphatic rings. The van der Waals surface area contributed by atoms with Gasteiger partial charge in [0.2, 0.25) is 0 Å². The van der Waals surface area contributed by atoms with E-state index < -0.39 is 10.0 Å². The first-order valence-electron chi connectivity index (χ1n) is 11.1. The zero-order valence-electron chi connectivity index (χ0n) is 20.0. The maximum Gasteiger partial charge on any atom is 0.286 e. The molecule has 182 valence electrons. The predicted molar refractivity (Wildman–Crippen MR) is 136 cm³/mol. The number of nitrogens with zero attached hydrogens (tertiary/aromatic N) is 2. The van der Waals surface area contributed by atoms with Crippen molar-refractivity contribution in [2.24, 2.45) is 10.3 Å². The van der Waals surface area contributed by atoms with Crippen molar-refractivity contribution in [3.8, 4) is 11.5 Å². The minimum absolute atomic E-state index is 0.0444. The summed E-state index contributed by atoms with van der Waals surface area (Å²) in [6.07, 6.45) is 0. The van der Waals surface area contributed by atoms with E-state index in [9.17, 15) is 13.2 Å². The number of sulfonamides is 1. The summed E-state index contributed by atoms with van der Waals surface area (Å²) in [4.78, 5) is 14.6. The van der Waals surface area contributed by atoms with Crippen molar-refractivity contribution >= 4 is 33.1 Å². The quantitative estimate of drug-likeness (QED) is 0.518. The molecule has 0 saturated carbocycles. The number of rotatable bonds is 7. The van der Waals surface area contributed by atoms with E-state index >= 15 is 0 Å². The summed E-state index contributed by atoms with van der Waals surface area (Å²) in [5.74, 6) is 1.53. The van der Waals surface area contributed by atoms with Gasteiger partial charge in [-0.15, -0.1) is 4.40 Å². The summed E-state index contributed by atoms with van der Waals surface area (Å²) >= 11 is 0. The number of ether oxygens (including phenoxy) is 2. The Balaban J connectivity index is 1.70. The maximum atomic E-state index is 13.2. The van der Waals surface area contributed by atoms with Crippen LogP contribution in [0.2, 0.25) is 0 Å². The van der Waals surface area contributed by atoms with Gasteiger partial charge in [0, 0.05) is 23.4 Å². The topological polar surface area (TPSA) is 97.3 Å². The van der Waals surface area contributed by atoms with Crippen LogP contribution in [-0.4, -0.2) is 40.9 Å². The Morgan fingerprint density at radius 2 is 1.54 bits per heavy atom. The second-order valence-corrected chi connectivity index (χ2v) is 10.1. The fourth-order valence-corrected chi connectivity index (χ4v) is 5.04. The van der Waals surface area contributed by atoms with Crippen molar-refractivity contribution in [3.05, 3.63) is 77.9 Å². The Morgan fingerprint density at radius 1 is 0.943 bits per heavy atom. The Bertz CT molecular complexity index is 1370. The van der Waals surface area contributed by atoms with E-state index in [1.807, 2.05) is 4.90 Å². The van der Waals surface area contributed by atoms with E-state index in [0.29, 0.717) is 46.4 Å². The van der Waals surface area contributed by atoms with Gasteiger partial charge in [-0.3, -0.25) is 4.79 Å². The number of nitrogens with one attached hydrogen (secondary N) is 1. The first kappa shape index (κ1) is 24.3. The molecule has 0 spiro atoms. The second kappa shape index (κ2) is 9.79. The molecule has 0 atom stereocenters. The maximum absolute atomic E-state index is 13.2. The Kier molecular flexibility index (Phi) is 6.79. The molecule has 0 unspecified atom stereocenters. The lowest BCUT2D eigenvalue weighted by molar-refractivity contribution is 0.102. The molecule has 9 heteroatoms. The van der Waals surface area contributed by atoms with Crippen LogP contribution in [0, 0.1) is 5.92 Å². The highest BCUT2D eigenvalue weighted by atomic mass is 32.2. The van der Waals surface area contributed by atoms with Crippen LogP contribution in [0.25, 0.3) is 0 Å². The summed E-state index contributed by atoms with van der Waals surface area (Å²) < 4.78 is 41.0. The highest BCUT2D eigenvalue weighted by Gasteiger charge is 2.32. The number of fused-ring (bicyclic) bond motifs is 1. The number of benzene rings is 3. The van der Waals surface area contributed by atoms with Crippen LogP contribution in [0.1, 0.15) is 29.8 Å². The third-order valence-corrected chi connectivity index (χ3v) is 6.79. The van der Waals surface area contributed by atoms with Gasteiger partial charge in [0.15, 0.2) is 5.84 Å². The van der Waals surface area contributed by atoms with Gasteiger partial charge in [-0.2, -0.15) is 8.42 Å². The van der Waals surface area contributed by atoms with Gasteiger partial charge in [0.1, 0.15) is 16.4 Å². The van der Waals surface area contributed by atoms with Crippen molar-refractivity contribution in [1.82, 2.24) is 0 Å². The van der Waals surface area contributed by atoms with Crippen LogP contribution in [0.5, 0.6) is 11.5 Å². The first-order chi connectivity index (χ1) is 16.7. The smallest absolute Gasteiger partial charge is 0.286 e. The number of carbonyl (C=O) groups excluding carboxylic acids is 1. The van der Waals surface area contributed by atoms with Gasteiger partial charge < -0.3 is 19.7 Å². The number of methoxy groups -OCH3 is 2. The number of anilines is 2. The fourth-order valence-electron chi connectivity index (χ4n) is 3.79. The fraction of sp³-hybridized carbons (Fsp3) is 0.231. The van der Waals surface area contributed by atoms with Crippen LogP contribution >= 0.6 is 0 Å². The van der Waals surface area contributed by atoms with E-state index in [-0.39, 0.29) is 16.7 Å². The van der Waals surface area contributed by atoms with Crippen molar-refractivity contribution in [1.29, 1.82) is 0 Å². The van der Waals surface area contributed by atoms with E-state index in [1.54, 1.807) is 74.9 Å². The van der Waals surface area contributed by atoms with Gasteiger partial charge >= 0.3 is 0 Å². The molecule has 0 aliphatic carbocycles. The number of hydrogen-bond donors (Lipinski definition) is 1. The molecule has 35 heavy (non-hydrogen) atoms. The molecular formula is C26H27N3O5S. The third-order valence-electron chi connectivity index (χ3n) is 5.50. The molecule has 1 N–H and O–H groups in total. The third kappa shape index (κ3) is 5.14. The monoisotopic (exact) mass is 493 g/mol. The lowest BCUT2D eigenvalue weighted by Gasteiger charge is -2.32. The molecular weight excluding hydrogens is 466 g/mol. The van der Waals surface area contributed by atoms with Crippen molar-refractivity contribution in [2.75, 3.05) is 31.0 Å². The number of amidine groups is 1. The number of amides is 1. The average molecular weight is 494 g/mol. The van der Waals surface area contributed by atoms with Crippen molar-refractivity contribution in [3.63, 3.8) is 0 Å². The van der Waals surface area contributed by atoms with Gasteiger partial charge in [0.25, 0.3) is 15.9 Å². The minimum atomic E-state index is -4.01. The Morgan fingerprint density at radius 3 is 2.11 bits per heavy atom. The van der Waals surface area contributed by atoms with Crippen LogP contribution in [0.4, 0.5) is 11.4 Å². The van der Waals surface area contributed by atoms with Crippen LogP contribution < -0.4 is 19.7 Å². The molecule has 0 saturated heterocycles. The predicted octanol–water partition coefficient (Wildman–Crippen LogP) is 4.57. The van der Waals surface area contributed by atoms with Crippen LogP contribution in [0.3, 0.4) is 0 Å². The zero-order chi connectivity index (χ0) is 25.2. The lowest BCUT2D eigenvalue weighted by Crippen LogP contribution is -2.39. The number of carbonyl (C=O) groups is 1. The summed E-state index contributed by atoms with van der Waals surface area (Å²) in [7, 11) is -0.886. The minimum Gasteiger partial charge on any atom is -0.497 e. The highest BCUT2D eigenvalue weighted by Crippen LogP contribution is 2.36. The zero-order valence-corrected chi connectivity index (χ0v) is 20.8. The summed E-state index contributed by atoms with van der Waals surface area (Å²) in [6, 6.07) is 18.6. The summed E-state index contributed by atoms with van der Waals surface area (Å²) in [6.45, 7) is 4.67. The molecule has 1 aliphatic heterocycles. The molecule has 0 fully saturated rings. The summed E-state index contributed by atoms with van der Waals surface area (Å²) in [5.41, 5.74) is 1.97. The normalized spacial score (nSPS) is 14.2. The molecule has 0 aromatic heterocycles. The molecule has 1 heterocycles. The largest absolute Gasteiger partial charge is 0.497 e. The molecule has 3 aromatic carbocycles. The molecule has 3 aromatic rings. The second-order valence-electron chi connectivity index (χ2n) is 8.49. The van der Waals surface area contributed by atoms with E-state index in [1.165, 1.54) is 6.07 Å². The van der Waals surface area contributed by atoms with E-state index in [4.69, 9.17) is 9.47 Å². The number of hydrogen-bond acceptors (Lipinski definition) is 6. The van der Waals surface area contributed by atoms with E-state index in [0.717, 1.165) is 0 Å². The molecule has 4 rings (SSSR count). The highest BCUT2D eigenvalue weighted by molar-refractivity contribution is 7.90. The van der Waals surface area contributed by atoms with Crippen LogP contribution in [-0.2, 0) is 10.0 Å². The van der Waals surface area contributed by atoms with E-state index in [2.05, 4.69) is 23.6 Å². The molecule has 0 radical (unpaired) electrons. The summed E-state index contributed by atoms with van der Waals surface area (Å²) in [5, 5.41) is 2.77. The first-order valence-corrected chi connectivity index (χ1v) is 12.5. The van der Waals surface area contributed by atoms with Gasteiger partial charge in [-0.05, 0) is 72.6 Å². The lowest BCUT2D eigenvalue weighted by atomic mass is 10.1. The molecule has 0 bridgehead atoms. The molecule has 1 amide bonds. The standard InChI is InChI=1S/C26H27N3O5S/c1-17(2)16-29-23-14-9-20(27-26(30)19-7-12-22(34-4)13-8-19)15-24(23)35(31,32)28-25(29)18-5-10-21(33-3)11-6-18/h5-15,17H,16H2,1-4H3,(H,27,30). The van der Waals surface area contributed by atoms with Crippen molar-refractivity contribution < 1.29 is 22.7 Å². The SMILES string of the molecule is COc1ccc(C(=O)Nc2ccc3c(c2)S(=O)(=O)N=C(c2ccc(OC)cc2)N3CC(C)C)cc1. The molecule has 8 nitrogen and oxygen atoms in total. The van der Waals surface area contributed by atoms with Crippen LogP contribution in [0.15, 0.2) is 76.0 Å². The van der Waals surface area contributed by atoms with Gasteiger partial charge in [-0.1, -0.05) is 13.8 Å². The Labute approximate surface area is 205 Å². The van der Waals surface area contributed by atoms with Crippen molar-refractivity contribution in [2.45, 2.75) is 18.7 Å². The Hall–Kier alpha value is -3.85.